The molecule has 0 saturated carbocycles. The fourth-order valence-electron chi connectivity index (χ4n) is 1.23. The number of rotatable bonds is 5. The van der Waals surface area contributed by atoms with E-state index in [0.29, 0.717) is 6.42 Å². The van der Waals surface area contributed by atoms with Gasteiger partial charge in [-0.2, -0.15) is 0 Å². The maximum absolute atomic E-state index is 10.4. The number of aromatic nitrogens is 1. The third kappa shape index (κ3) is 4.05. The lowest BCUT2D eigenvalue weighted by molar-refractivity contribution is -0.137. The first kappa shape index (κ1) is 11.6. The number of hydrogen-bond donors (Lipinski definition) is 3. The molecule has 5 nitrogen and oxygen atoms in total. The van der Waals surface area contributed by atoms with Crippen LogP contribution in [-0.4, -0.2) is 27.2 Å². The van der Waals surface area contributed by atoms with E-state index < -0.39 is 12.0 Å². The molecule has 5 heteroatoms. The summed E-state index contributed by atoms with van der Waals surface area (Å²) >= 11 is 0. The topological polar surface area (TPSA) is 96.4 Å². The fraction of sp³-hybridized carbons (Fsp3) is 0.400. The third-order valence-corrected chi connectivity index (χ3v) is 1.98. The van der Waals surface area contributed by atoms with Crippen LogP contribution < -0.4 is 5.73 Å². The van der Waals surface area contributed by atoms with Gasteiger partial charge in [0.25, 0.3) is 0 Å². The summed E-state index contributed by atoms with van der Waals surface area (Å²) in [5.74, 6) is -0.908. The Hall–Kier alpha value is -1.46. The van der Waals surface area contributed by atoms with Crippen molar-refractivity contribution in [2.24, 2.45) is 5.73 Å². The second-order valence-corrected chi connectivity index (χ2v) is 3.38. The van der Waals surface area contributed by atoms with E-state index in [1.54, 1.807) is 18.3 Å². The molecule has 0 amide bonds. The van der Waals surface area contributed by atoms with E-state index in [2.05, 4.69) is 4.98 Å². The van der Waals surface area contributed by atoms with E-state index in [1.165, 1.54) is 0 Å². The molecule has 82 valence electrons. The quantitative estimate of drug-likeness (QED) is 0.631. The number of pyridine rings is 1. The molecule has 1 unspecified atom stereocenters. The Kier molecular flexibility index (Phi) is 4.20. The Bertz CT molecular complexity index is 324. The maximum atomic E-state index is 10.4. The maximum Gasteiger partial charge on any atom is 0.304 e. The molecular formula is C10H14N2O3. The Morgan fingerprint density at radius 2 is 2.27 bits per heavy atom. The van der Waals surface area contributed by atoms with Crippen LogP contribution in [0.2, 0.25) is 0 Å². The summed E-state index contributed by atoms with van der Waals surface area (Å²) in [4.78, 5) is 14.4. The van der Waals surface area contributed by atoms with Crippen molar-refractivity contribution in [3.8, 4) is 0 Å². The van der Waals surface area contributed by atoms with Crippen LogP contribution in [0.3, 0.4) is 0 Å². The second-order valence-electron chi connectivity index (χ2n) is 3.38. The molecular weight excluding hydrogens is 196 g/mol. The Morgan fingerprint density at radius 1 is 1.53 bits per heavy atom. The van der Waals surface area contributed by atoms with Gasteiger partial charge in [-0.1, -0.05) is 6.07 Å². The summed E-state index contributed by atoms with van der Waals surface area (Å²) in [6, 6.07) is 3.07. The molecule has 0 radical (unpaired) electrons. The highest BCUT2D eigenvalue weighted by Crippen LogP contribution is 2.04. The predicted octanol–water partition coefficient (Wildman–Crippen LogP) is -0.0816. The number of nitrogens with zero attached hydrogens (tertiary/aromatic N) is 1. The first-order valence-corrected chi connectivity index (χ1v) is 4.64. The van der Waals surface area contributed by atoms with E-state index in [0.717, 1.165) is 11.3 Å². The molecule has 0 spiro atoms. The van der Waals surface area contributed by atoms with Gasteiger partial charge in [0.1, 0.15) is 0 Å². The smallest absolute Gasteiger partial charge is 0.304 e. The van der Waals surface area contributed by atoms with Crippen LogP contribution >= 0.6 is 0 Å². The van der Waals surface area contributed by atoms with E-state index in [-0.39, 0.29) is 13.0 Å². The average Bonchev–Trinajstić information content (AvgIpc) is 2.17. The number of carboxylic acid groups (broad SMARTS) is 1. The monoisotopic (exact) mass is 210 g/mol. The molecule has 0 fully saturated rings. The normalized spacial score (nSPS) is 12.4. The molecule has 0 aliphatic carbocycles. The minimum Gasteiger partial charge on any atom is -0.481 e. The molecule has 0 aliphatic rings. The average molecular weight is 210 g/mol. The van der Waals surface area contributed by atoms with Crippen molar-refractivity contribution in [2.45, 2.75) is 25.5 Å². The van der Waals surface area contributed by atoms with E-state index in [9.17, 15) is 4.79 Å². The highest BCUT2D eigenvalue weighted by molar-refractivity contribution is 5.67. The zero-order valence-electron chi connectivity index (χ0n) is 8.26. The van der Waals surface area contributed by atoms with Gasteiger partial charge in [-0.3, -0.25) is 9.78 Å². The zero-order chi connectivity index (χ0) is 11.3. The first-order chi connectivity index (χ1) is 7.11. The lowest BCUT2D eigenvalue weighted by Crippen LogP contribution is -2.26. The van der Waals surface area contributed by atoms with Crippen molar-refractivity contribution in [3.05, 3.63) is 29.6 Å². The van der Waals surface area contributed by atoms with Gasteiger partial charge in [0.2, 0.25) is 0 Å². The molecule has 1 atom stereocenters. The summed E-state index contributed by atoms with van der Waals surface area (Å²) in [5.41, 5.74) is 7.07. The molecule has 1 rings (SSSR count). The summed E-state index contributed by atoms with van der Waals surface area (Å²) in [6.45, 7) is -0.0472. The minimum atomic E-state index is -0.908. The standard InChI is InChI=1S/C10H14N2O3/c11-8(4-10(14)15)3-9-2-1-7(6-13)5-12-9/h1-2,5,8,13H,3-4,6,11H2,(H,14,15). The van der Waals surface area contributed by atoms with E-state index in [4.69, 9.17) is 15.9 Å². The van der Waals surface area contributed by atoms with Gasteiger partial charge >= 0.3 is 5.97 Å². The summed E-state index contributed by atoms with van der Waals surface area (Å²) in [5, 5.41) is 17.3. The van der Waals surface area contributed by atoms with Gasteiger partial charge in [0, 0.05) is 24.4 Å². The SMILES string of the molecule is NC(CC(=O)O)Cc1ccc(CO)cn1. The Balaban J connectivity index is 2.53. The van der Waals surface area contributed by atoms with Crippen LogP contribution in [0.5, 0.6) is 0 Å². The van der Waals surface area contributed by atoms with Crippen molar-refractivity contribution >= 4 is 5.97 Å². The van der Waals surface area contributed by atoms with Crippen LogP contribution in [-0.2, 0) is 17.8 Å². The lowest BCUT2D eigenvalue weighted by Gasteiger charge is -2.08. The lowest BCUT2D eigenvalue weighted by atomic mass is 10.1. The van der Waals surface area contributed by atoms with Crippen molar-refractivity contribution < 1.29 is 15.0 Å². The molecule has 1 aromatic heterocycles. The largest absolute Gasteiger partial charge is 0.481 e. The molecule has 0 saturated heterocycles. The van der Waals surface area contributed by atoms with Gasteiger partial charge < -0.3 is 15.9 Å². The van der Waals surface area contributed by atoms with Crippen molar-refractivity contribution in [1.82, 2.24) is 4.98 Å². The molecule has 15 heavy (non-hydrogen) atoms. The number of nitrogens with two attached hydrogens (primary N) is 1. The predicted molar refractivity (Wildman–Crippen MR) is 54.1 cm³/mol. The number of aliphatic hydroxyl groups excluding tert-OH is 1. The van der Waals surface area contributed by atoms with Crippen LogP contribution in [0, 0.1) is 0 Å². The zero-order valence-corrected chi connectivity index (χ0v) is 8.26. The number of hydrogen-bond acceptors (Lipinski definition) is 4. The van der Waals surface area contributed by atoms with Crippen LogP contribution in [0.1, 0.15) is 17.7 Å². The highest BCUT2D eigenvalue weighted by atomic mass is 16.4. The molecule has 0 aromatic carbocycles. The van der Waals surface area contributed by atoms with Gasteiger partial charge in [-0.25, -0.2) is 0 Å². The number of carboxylic acids is 1. The van der Waals surface area contributed by atoms with Gasteiger partial charge in [0.05, 0.1) is 13.0 Å². The summed E-state index contributed by atoms with van der Waals surface area (Å²) in [6.07, 6.45) is 1.92. The Morgan fingerprint density at radius 3 is 2.73 bits per heavy atom. The van der Waals surface area contributed by atoms with Gasteiger partial charge in [-0.15, -0.1) is 0 Å². The number of aliphatic hydroxyl groups is 1. The van der Waals surface area contributed by atoms with Crippen molar-refractivity contribution in [3.63, 3.8) is 0 Å². The minimum absolute atomic E-state index is 0.0472. The number of carbonyl (C=O) groups is 1. The fourth-order valence-corrected chi connectivity index (χ4v) is 1.23. The van der Waals surface area contributed by atoms with Crippen LogP contribution in [0.25, 0.3) is 0 Å². The number of aliphatic carboxylic acids is 1. The molecule has 1 aromatic rings. The van der Waals surface area contributed by atoms with Crippen molar-refractivity contribution in [2.75, 3.05) is 0 Å². The Labute approximate surface area is 87.6 Å². The molecule has 4 N–H and O–H groups in total. The molecule has 1 heterocycles. The van der Waals surface area contributed by atoms with Gasteiger partial charge in [-0.05, 0) is 11.6 Å². The summed E-state index contributed by atoms with van der Waals surface area (Å²) in [7, 11) is 0. The second kappa shape index (κ2) is 5.43. The van der Waals surface area contributed by atoms with E-state index >= 15 is 0 Å². The molecule has 0 bridgehead atoms. The molecule has 0 aliphatic heterocycles. The first-order valence-electron chi connectivity index (χ1n) is 4.64. The van der Waals surface area contributed by atoms with Crippen LogP contribution in [0.15, 0.2) is 18.3 Å². The van der Waals surface area contributed by atoms with Gasteiger partial charge in [0.15, 0.2) is 0 Å². The van der Waals surface area contributed by atoms with E-state index in [1.807, 2.05) is 0 Å². The third-order valence-electron chi connectivity index (χ3n) is 1.98. The van der Waals surface area contributed by atoms with Crippen LogP contribution in [0.4, 0.5) is 0 Å². The highest BCUT2D eigenvalue weighted by Gasteiger charge is 2.09. The van der Waals surface area contributed by atoms with Crippen molar-refractivity contribution in [1.29, 1.82) is 0 Å². The summed E-state index contributed by atoms with van der Waals surface area (Å²) < 4.78 is 0.